The van der Waals surface area contributed by atoms with E-state index in [2.05, 4.69) is 64.9 Å². The van der Waals surface area contributed by atoms with E-state index in [9.17, 15) is 9.59 Å². The van der Waals surface area contributed by atoms with Gasteiger partial charge in [-0.05, 0) is 139 Å². The normalized spacial score (nSPS) is 18.2. The second kappa shape index (κ2) is 15.7. The van der Waals surface area contributed by atoms with Crippen LogP contribution in [0.25, 0.3) is 0 Å². The molecule has 1 fully saturated rings. The minimum Gasteiger partial charge on any atom is -0.475 e. The number of hydrogen-bond donors (Lipinski definition) is 1. The Kier molecular flexibility index (Phi) is 13.1. The van der Waals surface area contributed by atoms with Crippen LogP contribution in [0.1, 0.15) is 148 Å². The zero-order chi connectivity index (χ0) is 39.7. The molecule has 2 heterocycles. The summed E-state index contributed by atoms with van der Waals surface area (Å²) in [6.45, 7) is 34.7. The first kappa shape index (κ1) is 43.3. The Morgan fingerprint density at radius 1 is 0.942 bits per heavy atom. The largest absolute Gasteiger partial charge is 0.475 e. The van der Waals surface area contributed by atoms with Crippen LogP contribution in [0.4, 0.5) is 21.1 Å². The Bertz CT molecular complexity index is 1530. The topological polar surface area (TPSA) is 117 Å². The molecule has 2 amide bonds. The molecule has 0 saturated heterocycles. The van der Waals surface area contributed by atoms with Crippen LogP contribution in [-0.4, -0.2) is 64.2 Å². The third-order valence-electron chi connectivity index (χ3n) is 9.53. The molecule has 1 N–H and O–H groups in total. The number of pyridine rings is 1. The standard InChI is InChI=1S/C40H69N5O6Si/c1-27(20-22-40(14,15)42-34(46)49-37(5,6)7)48-32-25-29(21-23-41-32)44(35(47)50-38(8,9)10)33-26-31(43-45(33)36(2,3)4)28-18-19-30(24-28)51-52(16,17)39(11,12)13/h21,23,25-28,30H,18-20,22,24H2,1-17H3,(H,42,46)/t27?,28-,30+/m0/s1. The van der Waals surface area contributed by atoms with E-state index < -0.39 is 42.8 Å². The maximum atomic E-state index is 14.1. The van der Waals surface area contributed by atoms with Gasteiger partial charge in [-0.2, -0.15) is 5.10 Å². The van der Waals surface area contributed by atoms with Gasteiger partial charge in [-0.3, -0.25) is 0 Å². The van der Waals surface area contributed by atoms with Crippen LogP contribution in [0, 0.1) is 0 Å². The maximum Gasteiger partial charge on any atom is 0.420 e. The van der Waals surface area contributed by atoms with E-state index in [0.717, 1.165) is 25.0 Å². The number of amides is 2. The van der Waals surface area contributed by atoms with Crippen molar-refractivity contribution in [1.82, 2.24) is 20.1 Å². The number of anilines is 2. The molecule has 2 aromatic rings. The monoisotopic (exact) mass is 744 g/mol. The van der Waals surface area contributed by atoms with E-state index in [1.165, 1.54) is 0 Å². The number of rotatable bonds is 11. The first-order chi connectivity index (χ1) is 23.5. The van der Waals surface area contributed by atoms with Gasteiger partial charge in [0.15, 0.2) is 8.32 Å². The Morgan fingerprint density at radius 2 is 1.56 bits per heavy atom. The highest BCUT2D eigenvalue weighted by molar-refractivity contribution is 6.74. The molecule has 1 aliphatic carbocycles. The number of carbonyl (C=O) groups is 2. The van der Waals surface area contributed by atoms with Crippen molar-refractivity contribution in [1.29, 1.82) is 0 Å². The number of nitrogens with one attached hydrogen (secondary N) is 1. The summed E-state index contributed by atoms with van der Waals surface area (Å²) in [6.07, 6.45) is 4.78. The van der Waals surface area contributed by atoms with Crippen molar-refractivity contribution >= 4 is 32.0 Å². The first-order valence-corrected chi connectivity index (χ1v) is 21.8. The van der Waals surface area contributed by atoms with Crippen molar-refractivity contribution in [2.24, 2.45) is 0 Å². The fraction of sp³-hybridized carbons (Fsp3) is 0.750. The van der Waals surface area contributed by atoms with Gasteiger partial charge in [0.25, 0.3) is 0 Å². The summed E-state index contributed by atoms with van der Waals surface area (Å²) in [6, 6.07) is 5.59. The molecule has 0 aliphatic heterocycles. The molecule has 3 atom stereocenters. The minimum absolute atomic E-state index is 0.139. The summed E-state index contributed by atoms with van der Waals surface area (Å²) in [7, 11) is -1.92. The molecule has 0 spiro atoms. The van der Waals surface area contributed by atoms with Crippen LogP contribution in [-0.2, 0) is 19.4 Å². The molecular formula is C40H69N5O6Si. The van der Waals surface area contributed by atoms with Crippen LogP contribution >= 0.6 is 0 Å². The number of nitrogens with zero attached hydrogens (tertiary/aromatic N) is 4. The SMILES string of the molecule is CC(CCC(C)(C)NC(=O)OC(C)(C)C)Oc1cc(N(C(=O)OC(C)(C)C)c2cc([C@H]3CC[C@@H](O[Si](C)(C)C(C)(C)C)C3)nn2C(C)(C)C)ccn1. The average molecular weight is 744 g/mol. The Hall–Kier alpha value is -3.12. The molecule has 0 radical (unpaired) electrons. The summed E-state index contributed by atoms with van der Waals surface area (Å²) in [5.74, 6) is 1.20. The molecule has 11 nitrogen and oxygen atoms in total. The van der Waals surface area contributed by atoms with Gasteiger partial charge in [0.1, 0.15) is 17.0 Å². The summed E-state index contributed by atoms with van der Waals surface area (Å²) in [5.41, 5.74) is -0.758. The molecular weight excluding hydrogens is 675 g/mol. The van der Waals surface area contributed by atoms with E-state index in [1.807, 2.05) is 73.1 Å². The number of ether oxygens (including phenoxy) is 3. The van der Waals surface area contributed by atoms with E-state index >= 15 is 0 Å². The number of aromatic nitrogens is 3. The average Bonchev–Trinajstić information content (AvgIpc) is 3.57. The lowest BCUT2D eigenvalue weighted by Gasteiger charge is -2.38. The molecule has 1 saturated carbocycles. The fourth-order valence-electron chi connectivity index (χ4n) is 5.86. The van der Waals surface area contributed by atoms with Gasteiger partial charge in [-0.1, -0.05) is 20.8 Å². The molecule has 3 rings (SSSR count). The van der Waals surface area contributed by atoms with Crippen molar-refractivity contribution in [3.05, 3.63) is 30.1 Å². The van der Waals surface area contributed by atoms with Crippen molar-refractivity contribution in [2.45, 2.75) is 194 Å². The van der Waals surface area contributed by atoms with Gasteiger partial charge >= 0.3 is 12.2 Å². The highest BCUT2D eigenvalue weighted by atomic mass is 28.4. The van der Waals surface area contributed by atoms with E-state index in [0.29, 0.717) is 30.2 Å². The van der Waals surface area contributed by atoms with Crippen molar-refractivity contribution in [3.8, 4) is 5.88 Å². The lowest BCUT2D eigenvalue weighted by atomic mass is 9.97. The quantitative estimate of drug-likeness (QED) is 0.226. The maximum absolute atomic E-state index is 14.1. The summed E-state index contributed by atoms with van der Waals surface area (Å²) >= 11 is 0. The van der Waals surface area contributed by atoms with Gasteiger partial charge < -0.3 is 24.0 Å². The molecule has 0 bridgehead atoms. The molecule has 1 aliphatic rings. The number of carbonyl (C=O) groups excluding carboxylic acids is 2. The van der Waals surface area contributed by atoms with Crippen LogP contribution in [0.3, 0.4) is 0 Å². The smallest absolute Gasteiger partial charge is 0.420 e. The first-order valence-electron chi connectivity index (χ1n) is 18.9. The molecule has 12 heteroatoms. The van der Waals surface area contributed by atoms with Crippen LogP contribution in [0.15, 0.2) is 24.4 Å². The molecule has 294 valence electrons. The van der Waals surface area contributed by atoms with Crippen molar-refractivity contribution in [2.75, 3.05) is 4.90 Å². The van der Waals surface area contributed by atoms with E-state index in [1.54, 1.807) is 23.2 Å². The molecule has 0 aromatic carbocycles. The molecule has 1 unspecified atom stereocenters. The summed E-state index contributed by atoms with van der Waals surface area (Å²) in [5, 5.41) is 8.26. The zero-order valence-electron chi connectivity index (χ0n) is 35.3. The predicted molar refractivity (Wildman–Crippen MR) is 211 cm³/mol. The highest BCUT2D eigenvalue weighted by Gasteiger charge is 2.42. The Labute approximate surface area is 315 Å². The van der Waals surface area contributed by atoms with Crippen molar-refractivity contribution in [3.63, 3.8) is 0 Å². The molecule has 2 aromatic heterocycles. The van der Waals surface area contributed by atoms with Gasteiger partial charge in [0.05, 0.1) is 23.0 Å². The zero-order valence-corrected chi connectivity index (χ0v) is 36.3. The van der Waals surface area contributed by atoms with Crippen molar-refractivity contribution < 1.29 is 28.2 Å². The second-order valence-corrected chi connectivity index (χ2v) is 24.4. The number of hydrogen-bond acceptors (Lipinski definition) is 8. The highest BCUT2D eigenvalue weighted by Crippen LogP contribution is 2.44. The third-order valence-corrected chi connectivity index (χ3v) is 14.1. The van der Waals surface area contributed by atoms with Gasteiger partial charge in [-0.15, -0.1) is 0 Å². The van der Waals surface area contributed by atoms with Gasteiger partial charge in [0, 0.05) is 35.9 Å². The fourth-order valence-corrected chi connectivity index (χ4v) is 7.26. The van der Waals surface area contributed by atoms with Crippen LogP contribution in [0.2, 0.25) is 18.1 Å². The third kappa shape index (κ3) is 12.5. The number of alkyl carbamates (subject to hydrolysis) is 1. The van der Waals surface area contributed by atoms with E-state index in [-0.39, 0.29) is 23.2 Å². The summed E-state index contributed by atoms with van der Waals surface area (Å²) < 4.78 is 26.5. The lowest BCUT2D eigenvalue weighted by molar-refractivity contribution is 0.0458. The predicted octanol–water partition coefficient (Wildman–Crippen LogP) is 10.6. The van der Waals surface area contributed by atoms with E-state index in [4.69, 9.17) is 23.7 Å². The van der Waals surface area contributed by atoms with Gasteiger partial charge in [-0.25, -0.2) is 24.2 Å². The van der Waals surface area contributed by atoms with Crippen LogP contribution in [0.5, 0.6) is 5.88 Å². The minimum atomic E-state index is -1.92. The molecule has 52 heavy (non-hydrogen) atoms. The lowest BCUT2D eigenvalue weighted by Crippen LogP contribution is -2.46. The Balaban J connectivity index is 1.91. The Morgan fingerprint density at radius 3 is 2.12 bits per heavy atom. The summed E-state index contributed by atoms with van der Waals surface area (Å²) in [4.78, 5) is 32.6. The van der Waals surface area contributed by atoms with Crippen LogP contribution < -0.4 is 15.0 Å². The van der Waals surface area contributed by atoms with Gasteiger partial charge in [0.2, 0.25) is 5.88 Å². The second-order valence-electron chi connectivity index (χ2n) is 19.7.